The zero-order valence-electron chi connectivity index (χ0n) is 10.3. The second-order valence-electron chi connectivity index (χ2n) is 4.93. The fourth-order valence-electron chi connectivity index (χ4n) is 2.39. The van der Waals surface area contributed by atoms with Gasteiger partial charge in [0, 0.05) is 12.6 Å². The number of rotatable bonds is 5. The number of hydrogen-bond acceptors (Lipinski definition) is 3. The summed E-state index contributed by atoms with van der Waals surface area (Å²) in [6.07, 6.45) is 2.82. The van der Waals surface area contributed by atoms with Gasteiger partial charge in [0.1, 0.15) is 0 Å². The first-order valence-corrected chi connectivity index (χ1v) is 6.45. The van der Waals surface area contributed by atoms with Crippen LogP contribution in [0.1, 0.15) is 18.4 Å². The summed E-state index contributed by atoms with van der Waals surface area (Å²) in [5.41, 5.74) is 7.25. The highest BCUT2D eigenvalue weighted by Crippen LogP contribution is 2.10. The van der Waals surface area contributed by atoms with Crippen molar-refractivity contribution in [2.45, 2.75) is 31.4 Å². The van der Waals surface area contributed by atoms with E-state index in [0.29, 0.717) is 6.54 Å². The maximum absolute atomic E-state index is 10.1. The minimum absolute atomic E-state index is 0.169. The summed E-state index contributed by atoms with van der Waals surface area (Å²) in [4.78, 5) is 2.30. The number of benzene rings is 1. The normalized spacial score (nSPS) is 20.4. The average molecular weight is 234 g/mol. The molecular formula is C14H22N2O. The maximum atomic E-state index is 10.1. The van der Waals surface area contributed by atoms with E-state index in [1.165, 1.54) is 18.4 Å². The number of hydrogen-bond donors (Lipinski definition) is 2. The fourth-order valence-corrected chi connectivity index (χ4v) is 2.39. The molecule has 1 aromatic rings. The van der Waals surface area contributed by atoms with E-state index in [-0.39, 0.29) is 6.04 Å². The van der Waals surface area contributed by atoms with Crippen molar-refractivity contribution in [3.8, 4) is 0 Å². The number of β-amino-alcohol motifs (C(OH)–C–C–N with tert-alkyl or cyclic N) is 1. The van der Waals surface area contributed by atoms with Gasteiger partial charge in [-0.15, -0.1) is 0 Å². The van der Waals surface area contributed by atoms with Gasteiger partial charge in [0.05, 0.1) is 6.10 Å². The summed E-state index contributed by atoms with van der Waals surface area (Å²) in [5, 5.41) is 10.1. The Hall–Kier alpha value is -0.900. The lowest BCUT2D eigenvalue weighted by Gasteiger charge is -2.24. The van der Waals surface area contributed by atoms with Crippen LogP contribution < -0.4 is 5.73 Å². The second-order valence-corrected chi connectivity index (χ2v) is 4.93. The highest BCUT2D eigenvalue weighted by Gasteiger charge is 2.20. The summed E-state index contributed by atoms with van der Waals surface area (Å²) in [6.45, 7) is 2.93. The average Bonchev–Trinajstić information content (AvgIpc) is 2.83. The highest BCUT2D eigenvalue weighted by molar-refractivity contribution is 5.16. The van der Waals surface area contributed by atoms with E-state index in [9.17, 15) is 5.11 Å². The van der Waals surface area contributed by atoms with Crippen molar-refractivity contribution in [1.82, 2.24) is 4.90 Å². The lowest BCUT2D eigenvalue weighted by Crippen LogP contribution is -2.43. The first-order chi connectivity index (χ1) is 8.25. The van der Waals surface area contributed by atoms with E-state index in [2.05, 4.69) is 17.0 Å². The SMILES string of the molecule is NC(Cc1ccccc1)C(O)CN1CCCC1. The van der Waals surface area contributed by atoms with Crippen LogP contribution in [0.25, 0.3) is 0 Å². The molecule has 0 radical (unpaired) electrons. The fraction of sp³-hybridized carbons (Fsp3) is 0.571. The Morgan fingerprint density at radius 3 is 2.47 bits per heavy atom. The first-order valence-electron chi connectivity index (χ1n) is 6.45. The summed E-state index contributed by atoms with van der Waals surface area (Å²) >= 11 is 0. The number of nitrogens with zero attached hydrogens (tertiary/aromatic N) is 1. The number of likely N-dealkylation sites (tertiary alicyclic amines) is 1. The number of aliphatic hydroxyl groups is 1. The van der Waals surface area contributed by atoms with Gasteiger partial charge in [-0.1, -0.05) is 30.3 Å². The Kier molecular flexibility index (Phi) is 4.54. The maximum Gasteiger partial charge on any atom is 0.0820 e. The Labute approximate surface area is 103 Å². The Balaban J connectivity index is 1.80. The second kappa shape index (κ2) is 6.15. The molecule has 1 aliphatic rings. The van der Waals surface area contributed by atoms with E-state index in [1.54, 1.807) is 0 Å². The highest BCUT2D eigenvalue weighted by atomic mass is 16.3. The van der Waals surface area contributed by atoms with E-state index < -0.39 is 6.10 Å². The summed E-state index contributed by atoms with van der Waals surface area (Å²) in [7, 11) is 0. The molecule has 2 rings (SSSR count). The molecule has 17 heavy (non-hydrogen) atoms. The van der Waals surface area contributed by atoms with Crippen molar-refractivity contribution in [2.24, 2.45) is 5.73 Å². The molecule has 2 atom stereocenters. The van der Waals surface area contributed by atoms with Crippen LogP contribution in [0.5, 0.6) is 0 Å². The van der Waals surface area contributed by atoms with E-state index >= 15 is 0 Å². The monoisotopic (exact) mass is 234 g/mol. The van der Waals surface area contributed by atoms with Crippen LogP contribution >= 0.6 is 0 Å². The zero-order valence-corrected chi connectivity index (χ0v) is 10.3. The third kappa shape index (κ3) is 3.80. The van der Waals surface area contributed by atoms with E-state index in [0.717, 1.165) is 19.5 Å². The molecule has 1 fully saturated rings. The predicted octanol–water partition coefficient (Wildman–Crippen LogP) is 1.01. The van der Waals surface area contributed by atoms with Gasteiger partial charge < -0.3 is 15.7 Å². The van der Waals surface area contributed by atoms with Gasteiger partial charge in [0.15, 0.2) is 0 Å². The van der Waals surface area contributed by atoms with Crippen LogP contribution in [-0.2, 0) is 6.42 Å². The molecule has 0 amide bonds. The van der Waals surface area contributed by atoms with Gasteiger partial charge in [-0.3, -0.25) is 0 Å². The lowest BCUT2D eigenvalue weighted by atomic mass is 10.0. The molecule has 1 saturated heterocycles. The molecular weight excluding hydrogens is 212 g/mol. The molecule has 3 N–H and O–H groups in total. The molecule has 3 nitrogen and oxygen atoms in total. The van der Waals surface area contributed by atoms with Gasteiger partial charge >= 0.3 is 0 Å². The summed E-state index contributed by atoms with van der Waals surface area (Å²) in [6, 6.07) is 9.96. The van der Waals surface area contributed by atoms with Crippen molar-refractivity contribution < 1.29 is 5.11 Å². The van der Waals surface area contributed by atoms with Crippen LogP contribution in [0.3, 0.4) is 0 Å². The number of nitrogens with two attached hydrogens (primary N) is 1. The largest absolute Gasteiger partial charge is 0.390 e. The van der Waals surface area contributed by atoms with Crippen molar-refractivity contribution >= 4 is 0 Å². The van der Waals surface area contributed by atoms with Crippen molar-refractivity contribution in [3.63, 3.8) is 0 Å². The molecule has 0 spiro atoms. The van der Waals surface area contributed by atoms with E-state index in [1.807, 2.05) is 18.2 Å². The van der Waals surface area contributed by atoms with Crippen LogP contribution in [-0.4, -0.2) is 41.8 Å². The third-order valence-electron chi connectivity index (χ3n) is 3.45. The molecule has 0 saturated carbocycles. The van der Waals surface area contributed by atoms with Crippen LogP contribution in [0.15, 0.2) is 30.3 Å². The molecule has 0 aromatic heterocycles. The molecule has 1 aromatic carbocycles. The molecule has 3 heteroatoms. The molecule has 1 heterocycles. The zero-order chi connectivity index (χ0) is 12.1. The molecule has 94 valence electrons. The Morgan fingerprint density at radius 2 is 1.82 bits per heavy atom. The number of aliphatic hydroxyl groups excluding tert-OH is 1. The predicted molar refractivity (Wildman–Crippen MR) is 69.8 cm³/mol. The van der Waals surface area contributed by atoms with Crippen molar-refractivity contribution in [2.75, 3.05) is 19.6 Å². The van der Waals surface area contributed by atoms with Crippen molar-refractivity contribution in [1.29, 1.82) is 0 Å². The standard InChI is InChI=1S/C14H22N2O/c15-13(10-12-6-2-1-3-7-12)14(17)11-16-8-4-5-9-16/h1-3,6-7,13-14,17H,4-5,8-11,15H2. The Bertz CT molecular complexity index is 322. The third-order valence-corrected chi connectivity index (χ3v) is 3.45. The van der Waals surface area contributed by atoms with Crippen LogP contribution in [0.2, 0.25) is 0 Å². The van der Waals surface area contributed by atoms with Crippen molar-refractivity contribution in [3.05, 3.63) is 35.9 Å². The molecule has 0 bridgehead atoms. The van der Waals surface area contributed by atoms with Gasteiger partial charge in [-0.2, -0.15) is 0 Å². The quantitative estimate of drug-likeness (QED) is 0.799. The van der Waals surface area contributed by atoms with Gasteiger partial charge in [0.25, 0.3) is 0 Å². The van der Waals surface area contributed by atoms with Crippen LogP contribution in [0, 0.1) is 0 Å². The van der Waals surface area contributed by atoms with Crippen LogP contribution in [0.4, 0.5) is 0 Å². The minimum atomic E-state index is -0.423. The van der Waals surface area contributed by atoms with Gasteiger partial charge in [-0.05, 0) is 37.9 Å². The minimum Gasteiger partial charge on any atom is -0.390 e. The smallest absolute Gasteiger partial charge is 0.0820 e. The summed E-state index contributed by atoms with van der Waals surface area (Å²) in [5.74, 6) is 0. The molecule has 2 unspecified atom stereocenters. The lowest BCUT2D eigenvalue weighted by molar-refractivity contribution is 0.101. The van der Waals surface area contributed by atoms with Gasteiger partial charge in [-0.25, -0.2) is 0 Å². The Morgan fingerprint density at radius 1 is 1.18 bits per heavy atom. The van der Waals surface area contributed by atoms with Gasteiger partial charge in [0.2, 0.25) is 0 Å². The summed E-state index contributed by atoms with van der Waals surface area (Å²) < 4.78 is 0. The topological polar surface area (TPSA) is 49.5 Å². The first kappa shape index (κ1) is 12.6. The van der Waals surface area contributed by atoms with E-state index in [4.69, 9.17) is 5.73 Å². The molecule has 0 aliphatic carbocycles. The molecule has 1 aliphatic heterocycles.